The van der Waals surface area contributed by atoms with Gasteiger partial charge in [-0.1, -0.05) is 0 Å². The predicted octanol–water partition coefficient (Wildman–Crippen LogP) is 5.49. The van der Waals surface area contributed by atoms with Crippen molar-refractivity contribution in [1.29, 1.82) is 0 Å². The van der Waals surface area contributed by atoms with Crippen LogP contribution in [-0.4, -0.2) is 56.9 Å². The Labute approximate surface area is 243 Å². The zero-order valence-corrected chi connectivity index (χ0v) is 23.5. The fourth-order valence-electron chi connectivity index (χ4n) is 3.63. The zero-order chi connectivity index (χ0) is 30.3. The van der Waals surface area contributed by atoms with E-state index in [0.717, 1.165) is 12.2 Å². The number of azo groups is 2. The van der Waals surface area contributed by atoms with Gasteiger partial charge in [-0.05, 0) is 43.3 Å². The minimum Gasteiger partial charge on any atom is -0.490 e. The predicted molar refractivity (Wildman–Crippen MR) is 158 cm³/mol. The highest BCUT2D eigenvalue weighted by molar-refractivity contribution is 5.67. The highest BCUT2D eigenvalue weighted by atomic mass is 16.6. The fraction of sp³-hybridized carbons (Fsp3) is 0.321. The number of carbonyl (C=O) groups excluding carboxylic acids is 1. The van der Waals surface area contributed by atoms with Gasteiger partial charge in [-0.3, -0.25) is 14.9 Å². The van der Waals surface area contributed by atoms with E-state index in [1.807, 2.05) is 31.2 Å². The summed E-state index contributed by atoms with van der Waals surface area (Å²) in [6.45, 7) is 5.98. The van der Waals surface area contributed by atoms with E-state index in [4.69, 9.17) is 25.7 Å². The number of anilines is 1. The van der Waals surface area contributed by atoms with Crippen LogP contribution in [-0.2, 0) is 9.53 Å². The van der Waals surface area contributed by atoms with Crippen LogP contribution in [0.5, 0.6) is 11.5 Å². The summed E-state index contributed by atoms with van der Waals surface area (Å²) in [6, 6.07) is 16.4. The zero-order valence-electron chi connectivity index (χ0n) is 23.5. The van der Waals surface area contributed by atoms with Crippen LogP contribution in [0.15, 0.2) is 81.1 Å². The lowest BCUT2D eigenvalue weighted by atomic mass is 10.2. The summed E-state index contributed by atoms with van der Waals surface area (Å²) in [5.74, 6) is 0.400. The Bertz CT molecular complexity index is 1380. The Kier molecular flexibility index (Phi) is 12.3. The van der Waals surface area contributed by atoms with Gasteiger partial charge in [-0.2, -0.15) is 10.2 Å². The first-order valence-corrected chi connectivity index (χ1v) is 13.2. The summed E-state index contributed by atoms with van der Waals surface area (Å²) >= 11 is 0. The summed E-state index contributed by atoms with van der Waals surface area (Å²) in [5, 5.41) is 28.1. The minimum absolute atomic E-state index is 0.0512. The largest absolute Gasteiger partial charge is 0.490 e. The third-order valence-corrected chi connectivity index (χ3v) is 5.66. The first-order valence-electron chi connectivity index (χ1n) is 13.2. The number of nitro groups is 1. The van der Waals surface area contributed by atoms with E-state index < -0.39 is 4.92 Å². The number of nitro benzene ring substituents is 1. The molecule has 0 aliphatic heterocycles. The van der Waals surface area contributed by atoms with Crippen molar-refractivity contribution in [2.24, 2.45) is 31.9 Å². The molecule has 0 bridgehead atoms. The van der Waals surface area contributed by atoms with E-state index in [9.17, 15) is 14.9 Å². The maximum absolute atomic E-state index is 11.1. The van der Waals surface area contributed by atoms with Crippen molar-refractivity contribution >= 4 is 40.1 Å². The lowest BCUT2D eigenvalue weighted by Gasteiger charge is -2.22. The van der Waals surface area contributed by atoms with E-state index in [-0.39, 0.29) is 38.0 Å². The second kappa shape index (κ2) is 16.3. The molecule has 0 atom stereocenters. The van der Waals surface area contributed by atoms with Gasteiger partial charge < -0.3 is 30.6 Å². The van der Waals surface area contributed by atoms with Gasteiger partial charge >= 0.3 is 5.97 Å². The van der Waals surface area contributed by atoms with E-state index in [2.05, 4.69) is 25.4 Å². The summed E-state index contributed by atoms with van der Waals surface area (Å²) in [5.41, 5.74) is 13.9. The Balaban J connectivity index is 1.87. The molecule has 0 aromatic heterocycles. The number of non-ortho nitro benzene ring substituents is 1. The van der Waals surface area contributed by atoms with Crippen LogP contribution in [0, 0.1) is 10.1 Å². The lowest BCUT2D eigenvalue weighted by molar-refractivity contribution is -0.384. The number of hydrogen-bond donors (Lipinski definition) is 2. The lowest BCUT2D eigenvalue weighted by Crippen LogP contribution is -2.27. The molecule has 0 radical (unpaired) electrons. The van der Waals surface area contributed by atoms with Crippen molar-refractivity contribution in [3.63, 3.8) is 0 Å². The maximum atomic E-state index is 11.1. The molecule has 0 aliphatic rings. The van der Waals surface area contributed by atoms with Gasteiger partial charge in [0.1, 0.15) is 42.7 Å². The van der Waals surface area contributed by atoms with E-state index in [1.165, 1.54) is 31.2 Å². The Morgan fingerprint density at radius 2 is 1.33 bits per heavy atom. The van der Waals surface area contributed by atoms with Crippen LogP contribution < -0.4 is 25.8 Å². The van der Waals surface area contributed by atoms with Gasteiger partial charge in [0.05, 0.1) is 22.8 Å². The fourth-order valence-corrected chi connectivity index (χ4v) is 3.63. The number of nitrogens with two attached hydrogens (primary N) is 2. The van der Waals surface area contributed by atoms with Crippen molar-refractivity contribution in [3.05, 3.63) is 70.8 Å². The molecule has 0 spiro atoms. The summed E-state index contributed by atoms with van der Waals surface area (Å²) in [7, 11) is 0. The van der Waals surface area contributed by atoms with Crippen LogP contribution in [0.3, 0.4) is 0 Å². The summed E-state index contributed by atoms with van der Waals surface area (Å²) in [6.07, 6.45) is 0. The number of hydrogen-bond acceptors (Lipinski definition) is 13. The molecule has 3 aromatic carbocycles. The molecular formula is C28H34N8O6. The van der Waals surface area contributed by atoms with Gasteiger partial charge in [-0.15, -0.1) is 10.2 Å². The standard InChI is InChI=1S/C28H34N8O6/c1-3-35(14-17-40-20(2)37)23-8-4-21(5-9-23)31-33-25-18-28(42-16-13-30)26(19-27(25)41-15-12-29)34-32-22-6-10-24(11-7-22)36(38)39/h4-11,18-19H,3,12-17,29-30H2,1-2H3. The highest BCUT2D eigenvalue weighted by Gasteiger charge is 2.14. The molecule has 42 heavy (non-hydrogen) atoms. The minimum atomic E-state index is -0.490. The number of ether oxygens (including phenoxy) is 3. The molecule has 0 fully saturated rings. The molecule has 0 heterocycles. The molecule has 0 saturated carbocycles. The number of esters is 1. The van der Waals surface area contributed by atoms with E-state index in [0.29, 0.717) is 47.4 Å². The van der Waals surface area contributed by atoms with E-state index in [1.54, 1.807) is 12.1 Å². The quantitative estimate of drug-likeness (QED) is 0.0956. The molecule has 0 saturated heterocycles. The highest BCUT2D eigenvalue weighted by Crippen LogP contribution is 2.41. The Morgan fingerprint density at radius 3 is 1.76 bits per heavy atom. The van der Waals surface area contributed by atoms with Crippen LogP contribution >= 0.6 is 0 Å². The van der Waals surface area contributed by atoms with Crippen molar-refractivity contribution in [2.45, 2.75) is 13.8 Å². The molecule has 3 aromatic rings. The van der Waals surface area contributed by atoms with Gasteiger partial charge in [-0.25, -0.2) is 0 Å². The maximum Gasteiger partial charge on any atom is 0.302 e. The molecule has 0 unspecified atom stereocenters. The second-order valence-electron chi connectivity index (χ2n) is 8.67. The van der Waals surface area contributed by atoms with Crippen molar-refractivity contribution in [1.82, 2.24) is 0 Å². The average molecular weight is 579 g/mol. The first kappa shape index (κ1) is 31.6. The molecule has 222 valence electrons. The summed E-state index contributed by atoms with van der Waals surface area (Å²) < 4.78 is 16.7. The monoisotopic (exact) mass is 578 g/mol. The van der Waals surface area contributed by atoms with Gasteiger partial charge in [0.15, 0.2) is 0 Å². The number of rotatable bonds is 16. The molecule has 0 aliphatic carbocycles. The van der Waals surface area contributed by atoms with Crippen molar-refractivity contribution in [3.8, 4) is 11.5 Å². The normalized spacial score (nSPS) is 11.1. The molecule has 4 N–H and O–H groups in total. The third-order valence-electron chi connectivity index (χ3n) is 5.66. The van der Waals surface area contributed by atoms with Gasteiger partial charge in [0.2, 0.25) is 0 Å². The van der Waals surface area contributed by atoms with Crippen molar-refractivity contribution in [2.75, 3.05) is 50.9 Å². The smallest absolute Gasteiger partial charge is 0.302 e. The Morgan fingerprint density at radius 1 is 0.833 bits per heavy atom. The van der Waals surface area contributed by atoms with Crippen LogP contribution in [0.2, 0.25) is 0 Å². The van der Waals surface area contributed by atoms with Gasteiger partial charge in [0, 0.05) is 56.5 Å². The van der Waals surface area contributed by atoms with Gasteiger partial charge in [0.25, 0.3) is 5.69 Å². The number of benzene rings is 3. The molecular weight excluding hydrogens is 544 g/mol. The van der Waals surface area contributed by atoms with Crippen LogP contribution in [0.1, 0.15) is 13.8 Å². The molecule has 0 amide bonds. The summed E-state index contributed by atoms with van der Waals surface area (Å²) in [4.78, 5) is 23.6. The molecule has 14 heteroatoms. The van der Waals surface area contributed by atoms with Crippen molar-refractivity contribution < 1.29 is 23.9 Å². The van der Waals surface area contributed by atoms with Crippen LogP contribution in [0.25, 0.3) is 0 Å². The average Bonchev–Trinajstić information content (AvgIpc) is 3.00. The first-order chi connectivity index (χ1) is 20.3. The molecule has 3 rings (SSSR count). The number of carbonyl (C=O) groups is 1. The number of likely N-dealkylation sites (N-methyl/N-ethyl adjacent to an activating group) is 1. The topological polar surface area (TPSA) is 193 Å². The number of nitrogens with zero attached hydrogens (tertiary/aromatic N) is 6. The molecule has 14 nitrogen and oxygen atoms in total. The second-order valence-corrected chi connectivity index (χ2v) is 8.67. The SMILES string of the molecule is CCN(CCOC(C)=O)c1ccc(N=Nc2cc(OCCN)c(N=Nc3ccc([N+](=O)[O-])cc3)cc2OCCN)cc1. The third kappa shape index (κ3) is 9.60. The Hall–Kier alpha value is -4.95. The van der Waals surface area contributed by atoms with Crippen LogP contribution in [0.4, 0.5) is 34.1 Å². The van der Waals surface area contributed by atoms with E-state index >= 15 is 0 Å².